The molecule has 0 aliphatic rings. The minimum Gasteiger partial charge on any atom is -0.465 e. The van der Waals surface area contributed by atoms with Gasteiger partial charge >= 0.3 is 5.97 Å². The van der Waals surface area contributed by atoms with Gasteiger partial charge in [0, 0.05) is 34.3 Å². The second-order valence-electron chi connectivity index (χ2n) is 11.5. The molecule has 0 aromatic carbocycles. The number of esters is 1. The maximum atomic E-state index is 12.3. The summed E-state index contributed by atoms with van der Waals surface area (Å²) in [6, 6.07) is 1.73. The van der Waals surface area contributed by atoms with Gasteiger partial charge in [-0.3, -0.25) is 4.79 Å². The van der Waals surface area contributed by atoms with Gasteiger partial charge in [-0.2, -0.15) is 29.8 Å². The Morgan fingerprint density at radius 1 is 0.788 bits per heavy atom. The number of aryl methyl sites for hydroxylation is 4. The van der Waals surface area contributed by atoms with E-state index in [2.05, 4.69) is 65.1 Å². The van der Waals surface area contributed by atoms with E-state index in [0.717, 1.165) is 25.7 Å². The molecule has 5 aromatic rings. The van der Waals surface area contributed by atoms with Gasteiger partial charge in [0.1, 0.15) is 18.5 Å². The molecule has 3 N–H and O–H groups in total. The van der Waals surface area contributed by atoms with Crippen molar-refractivity contribution < 1.29 is 19.4 Å². The van der Waals surface area contributed by atoms with Crippen LogP contribution >= 0.6 is 0 Å². The number of unbranched alkanes of at least 4 members (excludes halogenated alkanes) is 2. The van der Waals surface area contributed by atoms with Gasteiger partial charge in [-0.1, -0.05) is 26.7 Å². The lowest BCUT2D eigenvalue weighted by Crippen LogP contribution is -2.09. The maximum absolute atomic E-state index is 12.3. The summed E-state index contributed by atoms with van der Waals surface area (Å²) in [6.45, 7) is 3.49. The van der Waals surface area contributed by atoms with Gasteiger partial charge in [-0.15, -0.1) is 20.5 Å². The van der Waals surface area contributed by atoms with E-state index in [1.807, 2.05) is 0 Å². The number of hydrogen-bond donors (Lipinski definition) is 3. The fourth-order valence-corrected chi connectivity index (χ4v) is 5.32. The molecule has 0 spiro atoms. The summed E-state index contributed by atoms with van der Waals surface area (Å²) >= 11 is 0. The number of nitrogens with zero attached hydrogens (tertiary/aromatic N) is 14. The normalized spacial score (nSPS) is 11.6. The van der Waals surface area contributed by atoms with E-state index in [1.54, 1.807) is 43.6 Å². The van der Waals surface area contributed by atoms with Crippen molar-refractivity contribution in [2.24, 2.45) is 34.6 Å². The molecule has 5 heterocycles. The first-order chi connectivity index (χ1) is 25.2. The Hall–Kier alpha value is -6.18. The number of nitrogens with one attached hydrogen (secondary N) is 2. The summed E-state index contributed by atoms with van der Waals surface area (Å²) in [5, 5.41) is 51.7. The van der Waals surface area contributed by atoms with E-state index < -0.39 is 18.4 Å². The molecule has 20 nitrogen and oxygen atoms in total. The quantitative estimate of drug-likeness (QED) is 0.0664. The van der Waals surface area contributed by atoms with Crippen molar-refractivity contribution in [3.63, 3.8) is 0 Å². The summed E-state index contributed by atoms with van der Waals surface area (Å²) < 4.78 is 11.0. The van der Waals surface area contributed by atoms with Crippen molar-refractivity contribution in [3.05, 3.63) is 47.3 Å². The van der Waals surface area contributed by atoms with E-state index in [-0.39, 0.29) is 22.8 Å². The predicted molar refractivity (Wildman–Crippen MR) is 190 cm³/mol. The molecular formula is C32H42N16O4. The van der Waals surface area contributed by atoms with Crippen molar-refractivity contribution in [3.8, 4) is 11.6 Å². The molecule has 52 heavy (non-hydrogen) atoms. The van der Waals surface area contributed by atoms with Gasteiger partial charge in [0.05, 0.1) is 36.5 Å². The number of anilines is 2. The number of methoxy groups -OCH3 is 1. The molecule has 0 atom stereocenters. The van der Waals surface area contributed by atoms with Crippen LogP contribution in [-0.2, 0) is 31.7 Å². The molecule has 0 radical (unpaired) electrons. The average molecular weight is 715 g/mol. The van der Waals surface area contributed by atoms with Crippen LogP contribution in [-0.4, -0.2) is 93.8 Å². The molecule has 0 fully saturated rings. The summed E-state index contributed by atoms with van der Waals surface area (Å²) in [5.41, 5.74) is 2.60. The van der Waals surface area contributed by atoms with Crippen LogP contribution < -0.4 is 10.6 Å². The third-order valence-electron chi connectivity index (χ3n) is 8.09. The molecule has 5 rings (SSSR count). The molecule has 0 amide bonds. The third kappa shape index (κ3) is 7.45. The van der Waals surface area contributed by atoms with E-state index in [4.69, 9.17) is 14.9 Å². The van der Waals surface area contributed by atoms with Gasteiger partial charge in [0.15, 0.2) is 52.1 Å². The maximum Gasteiger partial charge on any atom is 0.343 e. The lowest BCUT2D eigenvalue weighted by Gasteiger charge is -2.09. The molecule has 0 saturated carbocycles. The van der Waals surface area contributed by atoms with Crippen LogP contribution in [0.5, 0.6) is 0 Å². The molecular weight excluding hydrogens is 672 g/mol. The summed E-state index contributed by atoms with van der Waals surface area (Å²) in [5.74, 6) is 1.19. The smallest absolute Gasteiger partial charge is 0.343 e. The summed E-state index contributed by atoms with van der Waals surface area (Å²) in [7, 11) is 8.07. The number of aromatic nitrogens is 10. The van der Waals surface area contributed by atoms with Crippen LogP contribution in [0.1, 0.15) is 71.6 Å². The zero-order valence-corrected chi connectivity index (χ0v) is 30.2. The van der Waals surface area contributed by atoms with Crippen molar-refractivity contribution >= 4 is 46.4 Å². The number of hydrogen-bond acceptors (Lipinski definition) is 16. The monoisotopic (exact) mass is 714 g/mol. The number of aliphatic hydroxyl groups excluding tert-OH is 1. The highest BCUT2D eigenvalue weighted by molar-refractivity contribution is 6.00. The Labute approximate surface area is 299 Å². The second-order valence-corrected chi connectivity index (χ2v) is 11.5. The topological polar surface area (TPSA) is 234 Å². The Bertz CT molecular complexity index is 1960. The minimum atomic E-state index is -0.678. The standard InChI is InChI=1S/C32H42N16O4/c1-8-10-12-21-26(39-41-28-19(23(50)17-49)15-37-45(28)5)30(33-3)47(43-21)24-14-25(36-18-35-24)48-31(34-4)27(22(44-48)13-11-9-2)40-42-29-20(32(51)52-7)16-38-46(29)6/h14-16,18,33-34,49H,8-13,17H2,1-7H3/b41-39+,42-40+. The van der Waals surface area contributed by atoms with Gasteiger partial charge in [0.2, 0.25) is 0 Å². The second kappa shape index (κ2) is 16.7. The van der Waals surface area contributed by atoms with Gasteiger partial charge in [-0.25, -0.2) is 24.1 Å². The molecule has 0 aliphatic carbocycles. The average Bonchev–Trinajstić information content (AvgIpc) is 3.92. The van der Waals surface area contributed by atoms with Crippen LogP contribution in [0.3, 0.4) is 0 Å². The first kappa shape index (κ1) is 37.1. The van der Waals surface area contributed by atoms with Gasteiger partial charge < -0.3 is 20.5 Å². The van der Waals surface area contributed by atoms with Gasteiger partial charge in [-0.05, 0) is 25.7 Å². The largest absolute Gasteiger partial charge is 0.465 e. The molecule has 0 unspecified atom stereocenters. The highest BCUT2D eigenvalue weighted by Gasteiger charge is 2.24. The van der Waals surface area contributed by atoms with E-state index in [1.165, 1.54) is 35.2 Å². The molecule has 20 heteroatoms. The Morgan fingerprint density at radius 2 is 1.27 bits per heavy atom. The van der Waals surface area contributed by atoms with Gasteiger partial charge in [0.25, 0.3) is 0 Å². The molecule has 0 aliphatic heterocycles. The number of Topliss-reactive ketones (excluding diaryl/α,β-unsaturated/α-hetero) is 1. The highest BCUT2D eigenvalue weighted by Crippen LogP contribution is 2.37. The summed E-state index contributed by atoms with van der Waals surface area (Å²) in [6.07, 6.45) is 8.89. The van der Waals surface area contributed by atoms with Crippen molar-refractivity contribution in [1.82, 2.24) is 49.1 Å². The number of ether oxygens (including phenoxy) is 1. The number of ketones is 1. The Kier molecular flexibility index (Phi) is 11.9. The predicted octanol–water partition coefficient (Wildman–Crippen LogP) is 4.88. The van der Waals surface area contributed by atoms with E-state index >= 15 is 0 Å². The molecule has 0 saturated heterocycles. The highest BCUT2D eigenvalue weighted by atomic mass is 16.5. The van der Waals surface area contributed by atoms with E-state index in [9.17, 15) is 14.7 Å². The van der Waals surface area contributed by atoms with Crippen LogP contribution in [0.15, 0.2) is 45.2 Å². The molecule has 274 valence electrons. The summed E-state index contributed by atoms with van der Waals surface area (Å²) in [4.78, 5) is 33.7. The number of carbonyl (C=O) groups excluding carboxylic acids is 2. The number of azo groups is 2. The van der Waals surface area contributed by atoms with Crippen LogP contribution in [0, 0.1) is 0 Å². The SMILES string of the molecule is CCCCc1nn(-c2cc(-n3nc(CCCC)c(/N=N/c4c(C(=O)OC)cnn4C)c3NC)ncn2)c(NC)c1/N=N/c1c(C(=O)CO)cnn1C. The Balaban J connectivity index is 1.60. The first-order valence-electron chi connectivity index (χ1n) is 16.7. The first-order valence-corrected chi connectivity index (χ1v) is 16.7. The van der Waals surface area contributed by atoms with Crippen LogP contribution in [0.4, 0.5) is 34.6 Å². The fraction of sp³-hybridized carbons (Fsp3) is 0.438. The Morgan fingerprint density at radius 3 is 1.71 bits per heavy atom. The van der Waals surface area contributed by atoms with Crippen molar-refractivity contribution in [2.75, 3.05) is 38.4 Å². The van der Waals surface area contributed by atoms with Crippen molar-refractivity contribution in [2.45, 2.75) is 52.4 Å². The molecule has 5 aromatic heterocycles. The number of rotatable bonds is 17. The number of aliphatic hydroxyl groups is 1. The number of carbonyl (C=O) groups is 2. The lowest BCUT2D eigenvalue weighted by atomic mass is 10.2. The zero-order valence-electron chi connectivity index (χ0n) is 30.2. The zero-order chi connectivity index (χ0) is 37.4. The van der Waals surface area contributed by atoms with Crippen LogP contribution in [0.2, 0.25) is 0 Å². The molecule has 0 bridgehead atoms. The van der Waals surface area contributed by atoms with Crippen LogP contribution in [0.25, 0.3) is 11.6 Å². The van der Waals surface area contributed by atoms with Crippen molar-refractivity contribution in [1.29, 1.82) is 0 Å². The lowest BCUT2D eigenvalue weighted by molar-refractivity contribution is 0.0601. The third-order valence-corrected chi connectivity index (χ3v) is 8.09. The minimum absolute atomic E-state index is 0.156. The fourth-order valence-electron chi connectivity index (χ4n) is 5.32. The van der Waals surface area contributed by atoms with E-state index in [0.29, 0.717) is 58.9 Å².